The third-order valence-electron chi connectivity index (χ3n) is 2.92. The quantitative estimate of drug-likeness (QED) is 0.766. The van der Waals surface area contributed by atoms with Crippen molar-refractivity contribution >= 4 is 0 Å². The maximum absolute atomic E-state index is 4.42. The second-order valence-electron chi connectivity index (χ2n) is 4.69. The molecule has 18 heavy (non-hydrogen) atoms. The Morgan fingerprint density at radius 1 is 1.22 bits per heavy atom. The van der Waals surface area contributed by atoms with E-state index >= 15 is 0 Å². The minimum absolute atomic E-state index is 0.869. The average Bonchev–Trinajstić information content (AvgIpc) is 2.80. The summed E-state index contributed by atoms with van der Waals surface area (Å²) in [6.07, 6.45) is 3.95. The van der Waals surface area contributed by atoms with Crippen molar-refractivity contribution in [1.82, 2.24) is 15.3 Å². The van der Waals surface area contributed by atoms with Crippen LogP contribution in [0.5, 0.6) is 0 Å². The highest BCUT2D eigenvalue weighted by Gasteiger charge is 2.01. The Morgan fingerprint density at radius 2 is 2.00 bits per heavy atom. The van der Waals surface area contributed by atoms with Crippen molar-refractivity contribution in [3.63, 3.8) is 0 Å². The van der Waals surface area contributed by atoms with Gasteiger partial charge in [0.2, 0.25) is 0 Å². The number of imidazole rings is 1. The number of rotatable bonds is 6. The minimum atomic E-state index is 0.869. The van der Waals surface area contributed by atoms with Gasteiger partial charge in [0.25, 0.3) is 0 Å². The first kappa shape index (κ1) is 12.8. The standard InChI is InChI=1S/C15H21N3/c1-3-8-16-10-14-11-17-15(18-14)9-13-6-4-12(2)5-7-13/h4-7,11,16H,3,8-10H2,1-2H3,(H,17,18). The van der Waals surface area contributed by atoms with Gasteiger partial charge in [0.1, 0.15) is 5.82 Å². The van der Waals surface area contributed by atoms with Gasteiger partial charge in [-0.2, -0.15) is 0 Å². The van der Waals surface area contributed by atoms with Crippen LogP contribution in [0.2, 0.25) is 0 Å². The van der Waals surface area contributed by atoms with Crippen molar-refractivity contribution < 1.29 is 0 Å². The van der Waals surface area contributed by atoms with Crippen LogP contribution >= 0.6 is 0 Å². The first-order chi connectivity index (χ1) is 8.78. The Bertz CT molecular complexity index is 471. The SMILES string of the molecule is CCCNCc1cnc(Cc2ccc(C)cc2)[nH]1. The number of hydrogen-bond acceptors (Lipinski definition) is 2. The number of nitrogens with zero attached hydrogens (tertiary/aromatic N) is 1. The van der Waals surface area contributed by atoms with Gasteiger partial charge in [0.05, 0.1) is 0 Å². The van der Waals surface area contributed by atoms with Crippen LogP contribution in [0.4, 0.5) is 0 Å². The first-order valence-corrected chi connectivity index (χ1v) is 6.57. The van der Waals surface area contributed by atoms with Gasteiger partial charge in [-0.3, -0.25) is 0 Å². The molecule has 1 aromatic heterocycles. The predicted molar refractivity (Wildman–Crippen MR) is 74.6 cm³/mol. The predicted octanol–water partition coefficient (Wildman–Crippen LogP) is 2.81. The number of aromatic amines is 1. The third-order valence-corrected chi connectivity index (χ3v) is 2.92. The van der Waals surface area contributed by atoms with Gasteiger partial charge in [0, 0.05) is 24.9 Å². The van der Waals surface area contributed by atoms with Crippen molar-refractivity contribution in [3.05, 3.63) is 53.1 Å². The molecule has 0 spiro atoms. The van der Waals surface area contributed by atoms with Gasteiger partial charge in [-0.05, 0) is 25.5 Å². The largest absolute Gasteiger partial charge is 0.345 e. The molecular weight excluding hydrogens is 222 g/mol. The van der Waals surface area contributed by atoms with Crippen molar-refractivity contribution in [2.75, 3.05) is 6.54 Å². The molecule has 0 bridgehead atoms. The zero-order chi connectivity index (χ0) is 12.8. The summed E-state index contributed by atoms with van der Waals surface area (Å²) in [7, 11) is 0. The summed E-state index contributed by atoms with van der Waals surface area (Å²) in [4.78, 5) is 7.78. The molecule has 0 aliphatic heterocycles. The Kier molecular flexibility index (Phi) is 4.53. The number of nitrogens with one attached hydrogen (secondary N) is 2. The number of H-pyrrole nitrogens is 1. The van der Waals surface area contributed by atoms with E-state index in [4.69, 9.17) is 0 Å². The molecule has 0 amide bonds. The number of aromatic nitrogens is 2. The van der Waals surface area contributed by atoms with Crippen LogP contribution in [-0.4, -0.2) is 16.5 Å². The Labute approximate surface area is 109 Å². The van der Waals surface area contributed by atoms with Crippen molar-refractivity contribution in [2.24, 2.45) is 0 Å². The van der Waals surface area contributed by atoms with Gasteiger partial charge in [-0.15, -0.1) is 0 Å². The second kappa shape index (κ2) is 6.36. The van der Waals surface area contributed by atoms with Gasteiger partial charge < -0.3 is 10.3 Å². The molecular formula is C15H21N3. The zero-order valence-corrected chi connectivity index (χ0v) is 11.2. The lowest BCUT2D eigenvalue weighted by molar-refractivity contribution is 0.665. The highest BCUT2D eigenvalue weighted by atomic mass is 15.0. The molecule has 96 valence electrons. The minimum Gasteiger partial charge on any atom is -0.345 e. The molecule has 2 rings (SSSR count). The molecule has 3 nitrogen and oxygen atoms in total. The third kappa shape index (κ3) is 3.70. The lowest BCUT2D eigenvalue weighted by Crippen LogP contribution is -2.13. The Balaban J connectivity index is 1.91. The second-order valence-corrected chi connectivity index (χ2v) is 4.69. The lowest BCUT2D eigenvalue weighted by atomic mass is 10.1. The summed E-state index contributed by atoms with van der Waals surface area (Å²) >= 11 is 0. The molecule has 0 radical (unpaired) electrons. The van der Waals surface area contributed by atoms with Crippen LogP contribution in [0.3, 0.4) is 0 Å². The van der Waals surface area contributed by atoms with E-state index < -0.39 is 0 Å². The monoisotopic (exact) mass is 243 g/mol. The summed E-state index contributed by atoms with van der Waals surface area (Å²) in [5, 5.41) is 3.36. The van der Waals surface area contributed by atoms with Crippen molar-refractivity contribution in [1.29, 1.82) is 0 Å². The van der Waals surface area contributed by atoms with Gasteiger partial charge in [-0.25, -0.2) is 4.98 Å². The molecule has 3 heteroatoms. The summed E-state index contributed by atoms with van der Waals surface area (Å²) in [6.45, 7) is 6.19. The van der Waals surface area contributed by atoms with E-state index in [0.717, 1.165) is 37.4 Å². The Morgan fingerprint density at radius 3 is 2.72 bits per heavy atom. The highest BCUT2D eigenvalue weighted by molar-refractivity contribution is 5.24. The number of aryl methyl sites for hydroxylation is 1. The fourth-order valence-electron chi connectivity index (χ4n) is 1.88. The summed E-state index contributed by atoms with van der Waals surface area (Å²) in [5.41, 5.74) is 3.75. The van der Waals surface area contributed by atoms with Crippen LogP contribution in [0.25, 0.3) is 0 Å². The highest BCUT2D eigenvalue weighted by Crippen LogP contribution is 2.08. The fraction of sp³-hybridized carbons (Fsp3) is 0.400. The maximum Gasteiger partial charge on any atom is 0.110 e. The van der Waals surface area contributed by atoms with Gasteiger partial charge in [-0.1, -0.05) is 36.8 Å². The zero-order valence-electron chi connectivity index (χ0n) is 11.2. The average molecular weight is 243 g/mol. The van der Waals surface area contributed by atoms with Gasteiger partial charge in [0.15, 0.2) is 0 Å². The fourth-order valence-corrected chi connectivity index (χ4v) is 1.88. The van der Waals surface area contributed by atoms with Crippen LogP contribution < -0.4 is 5.32 Å². The number of benzene rings is 1. The molecule has 0 aliphatic carbocycles. The molecule has 0 saturated heterocycles. The normalized spacial score (nSPS) is 10.8. The molecule has 0 atom stereocenters. The van der Waals surface area contributed by atoms with Crippen LogP contribution in [-0.2, 0) is 13.0 Å². The van der Waals surface area contributed by atoms with E-state index in [1.807, 2.05) is 6.20 Å². The van der Waals surface area contributed by atoms with Crippen molar-refractivity contribution in [2.45, 2.75) is 33.2 Å². The van der Waals surface area contributed by atoms with Crippen LogP contribution in [0, 0.1) is 6.92 Å². The van der Waals surface area contributed by atoms with E-state index in [-0.39, 0.29) is 0 Å². The molecule has 1 aromatic carbocycles. The maximum atomic E-state index is 4.42. The van der Waals surface area contributed by atoms with E-state index in [0.29, 0.717) is 0 Å². The van der Waals surface area contributed by atoms with E-state index in [1.165, 1.54) is 11.1 Å². The van der Waals surface area contributed by atoms with Gasteiger partial charge >= 0.3 is 0 Å². The summed E-state index contributed by atoms with van der Waals surface area (Å²) < 4.78 is 0. The van der Waals surface area contributed by atoms with Crippen LogP contribution in [0.1, 0.15) is 36.0 Å². The molecule has 0 saturated carbocycles. The van der Waals surface area contributed by atoms with Crippen LogP contribution in [0.15, 0.2) is 30.5 Å². The number of hydrogen-bond donors (Lipinski definition) is 2. The van der Waals surface area contributed by atoms with E-state index in [1.54, 1.807) is 0 Å². The molecule has 0 aliphatic rings. The Hall–Kier alpha value is -1.61. The first-order valence-electron chi connectivity index (χ1n) is 6.57. The smallest absolute Gasteiger partial charge is 0.110 e. The molecule has 1 heterocycles. The molecule has 2 N–H and O–H groups in total. The molecule has 0 unspecified atom stereocenters. The van der Waals surface area contributed by atoms with E-state index in [9.17, 15) is 0 Å². The summed E-state index contributed by atoms with van der Waals surface area (Å²) in [6, 6.07) is 8.60. The topological polar surface area (TPSA) is 40.7 Å². The van der Waals surface area contributed by atoms with E-state index in [2.05, 4.69) is 53.4 Å². The molecule has 0 fully saturated rings. The molecule has 2 aromatic rings. The lowest BCUT2D eigenvalue weighted by Gasteiger charge is -2.00. The van der Waals surface area contributed by atoms with Crippen molar-refractivity contribution in [3.8, 4) is 0 Å². The summed E-state index contributed by atoms with van der Waals surface area (Å²) in [5.74, 6) is 1.03.